The van der Waals surface area contributed by atoms with E-state index in [4.69, 9.17) is 4.42 Å². The predicted octanol–water partition coefficient (Wildman–Crippen LogP) is 2.37. The average Bonchev–Trinajstić information content (AvgIpc) is 3.28. The van der Waals surface area contributed by atoms with Crippen molar-refractivity contribution in [3.8, 4) is 0 Å². The molecule has 0 atom stereocenters. The van der Waals surface area contributed by atoms with Gasteiger partial charge in [0.2, 0.25) is 5.78 Å². The molecule has 2 heterocycles. The lowest BCUT2D eigenvalue weighted by Crippen LogP contribution is -2.21. The quantitative estimate of drug-likeness (QED) is 0.679. The number of hydrogen-bond acceptors (Lipinski definition) is 5. The summed E-state index contributed by atoms with van der Waals surface area (Å²) >= 11 is 1.25. The van der Waals surface area contributed by atoms with Crippen molar-refractivity contribution >= 4 is 35.0 Å². The Morgan fingerprint density at radius 2 is 1.92 bits per heavy atom. The van der Waals surface area contributed by atoms with Gasteiger partial charge in [-0.2, -0.15) is 0 Å². The van der Waals surface area contributed by atoms with Crippen LogP contribution in [-0.2, 0) is 0 Å². The topological polar surface area (TPSA) is 66.3 Å². The molecule has 0 saturated carbocycles. The number of H-pyrrole nitrogens is 1. The maximum atomic E-state index is 12.1. The number of carbonyl (C=O) groups excluding carboxylic acids is 1. The van der Waals surface area contributed by atoms with Crippen molar-refractivity contribution in [2.24, 2.45) is 0 Å². The summed E-state index contributed by atoms with van der Waals surface area (Å²) in [7, 11) is 0. The van der Waals surface area contributed by atoms with Gasteiger partial charge in [-0.15, -0.1) is 11.3 Å². The highest BCUT2D eigenvalue weighted by Gasteiger charge is 2.06. The first-order chi connectivity index (χ1) is 12.6. The van der Waals surface area contributed by atoms with Crippen LogP contribution in [0.2, 0.25) is 0 Å². The van der Waals surface area contributed by atoms with E-state index in [-0.39, 0.29) is 17.1 Å². The van der Waals surface area contributed by atoms with Crippen LogP contribution in [0.4, 0.5) is 5.69 Å². The number of thiazole rings is 1. The van der Waals surface area contributed by atoms with Crippen molar-refractivity contribution in [1.29, 1.82) is 0 Å². The first kappa shape index (κ1) is 17.9. The van der Waals surface area contributed by atoms with E-state index in [1.165, 1.54) is 23.7 Å². The zero-order valence-electron chi connectivity index (χ0n) is 14.7. The molecule has 0 spiro atoms. The molecule has 6 heteroatoms. The van der Waals surface area contributed by atoms with Gasteiger partial charge in [0.25, 0.3) is 5.56 Å². The van der Waals surface area contributed by atoms with Crippen LogP contribution < -0.4 is 19.7 Å². The number of aromatic amines is 1. The SMILES string of the molecule is CCN(CC)c1ccc(C=c2sc(=CC(=O)c3ccco3)[nH]c2=O)cc1. The molecule has 1 N–H and O–H groups in total. The van der Waals surface area contributed by atoms with Gasteiger partial charge in [-0.3, -0.25) is 9.59 Å². The third-order valence-electron chi connectivity index (χ3n) is 4.03. The van der Waals surface area contributed by atoms with Gasteiger partial charge in [-0.05, 0) is 49.8 Å². The molecule has 134 valence electrons. The van der Waals surface area contributed by atoms with Gasteiger partial charge in [-0.1, -0.05) is 12.1 Å². The van der Waals surface area contributed by atoms with Crippen molar-refractivity contribution in [2.45, 2.75) is 13.8 Å². The van der Waals surface area contributed by atoms with E-state index in [9.17, 15) is 9.59 Å². The van der Waals surface area contributed by atoms with Crippen LogP contribution >= 0.6 is 11.3 Å². The highest BCUT2D eigenvalue weighted by molar-refractivity contribution is 7.07. The number of ketones is 1. The smallest absolute Gasteiger partial charge is 0.266 e. The van der Waals surface area contributed by atoms with Crippen molar-refractivity contribution in [3.05, 3.63) is 73.5 Å². The molecule has 5 nitrogen and oxygen atoms in total. The summed E-state index contributed by atoms with van der Waals surface area (Å²) in [5.74, 6) is -0.0283. The Morgan fingerprint density at radius 1 is 1.19 bits per heavy atom. The van der Waals surface area contributed by atoms with Crippen molar-refractivity contribution in [1.82, 2.24) is 4.98 Å². The second kappa shape index (κ2) is 8.01. The van der Waals surface area contributed by atoms with E-state index in [2.05, 4.69) is 23.7 Å². The minimum absolute atomic E-state index is 0.207. The number of rotatable bonds is 6. The van der Waals surface area contributed by atoms with Gasteiger partial charge in [0.1, 0.15) is 0 Å². The minimum atomic E-state index is -0.275. The number of nitrogens with zero attached hydrogens (tertiary/aromatic N) is 1. The molecule has 0 amide bonds. The third-order valence-corrected chi connectivity index (χ3v) is 4.99. The number of Topliss-reactive ketones (excluding diaryl/α,β-unsaturated/α-hetero) is 1. The van der Waals surface area contributed by atoms with Crippen LogP contribution in [0.5, 0.6) is 0 Å². The molecule has 0 fully saturated rings. The normalized spacial score (nSPS) is 12.5. The Balaban J connectivity index is 1.89. The largest absolute Gasteiger partial charge is 0.461 e. The molecule has 0 unspecified atom stereocenters. The number of aromatic nitrogens is 1. The first-order valence-corrected chi connectivity index (χ1v) is 9.27. The van der Waals surface area contributed by atoms with Crippen LogP contribution in [0.3, 0.4) is 0 Å². The lowest BCUT2D eigenvalue weighted by molar-refractivity contribution is 0.103. The second-order valence-electron chi connectivity index (χ2n) is 5.68. The number of furan rings is 1. The fraction of sp³-hybridized carbons (Fsp3) is 0.200. The fourth-order valence-corrected chi connectivity index (χ4v) is 3.54. The lowest BCUT2D eigenvalue weighted by Gasteiger charge is -2.20. The first-order valence-electron chi connectivity index (χ1n) is 8.46. The summed E-state index contributed by atoms with van der Waals surface area (Å²) in [6.45, 7) is 6.15. The third kappa shape index (κ3) is 4.03. The van der Waals surface area contributed by atoms with Crippen LogP contribution in [0.15, 0.2) is 51.9 Å². The highest BCUT2D eigenvalue weighted by atomic mass is 32.1. The number of benzene rings is 1. The Labute approximate surface area is 154 Å². The standard InChI is InChI=1S/C20H20N2O3S/c1-3-22(4-2)15-9-7-14(8-10-15)12-18-20(24)21-19(26-18)13-16(23)17-6-5-11-25-17/h5-13H,3-4H2,1-2H3,(H,21,24). The summed E-state index contributed by atoms with van der Waals surface area (Å²) < 4.78 is 6.13. The number of carbonyl (C=O) groups is 1. The summed E-state index contributed by atoms with van der Waals surface area (Å²) in [5, 5.41) is 0. The zero-order valence-corrected chi connectivity index (χ0v) is 15.5. The van der Waals surface area contributed by atoms with E-state index < -0.39 is 0 Å². The Morgan fingerprint density at radius 3 is 2.54 bits per heavy atom. The van der Waals surface area contributed by atoms with Gasteiger partial charge in [0.15, 0.2) is 5.76 Å². The number of hydrogen-bond donors (Lipinski definition) is 1. The molecule has 0 aliphatic carbocycles. The van der Waals surface area contributed by atoms with E-state index in [1.807, 2.05) is 30.3 Å². The van der Waals surface area contributed by atoms with E-state index >= 15 is 0 Å². The van der Waals surface area contributed by atoms with E-state index in [1.54, 1.807) is 12.1 Å². The highest BCUT2D eigenvalue weighted by Crippen LogP contribution is 2.15. The molecule has 1 aromatic carbocycles. The Bertz CT molecular complexity index is 1040. The predicted molar refractivity (Wildman–Crippen MR) is 105 cm³/mol. The molecule has 0 radical (unpaired) electrons. The van der Waals surface area contributed by atoms with Crippen LogP contribution in [0.1, 0.15) is 30.0 Å². The zero-order chi connectivity index (χ0) is 18.5. The molecular formula is C20H20N2O3S. The van der Waals surface area contributed by atoms with E-state index in [0.717, 1.165) is 24.3 Å². The van der Waals surface area contributed by atoms with Crippen molar-refractivity contribution in [3.63, 3.8) is 0 Å². The molecule has 2 aromatic heterocycles. The number of nitrogens with one attached hydrogen (secondary N) is 1. The molecule has 0 aliphatic rings. The summed E-state index contributed by atoms with van der Waals surface area (Å²) in [6.07, 6.45) is 4.65. The molecule has 3 aromatic rings. The maximum Gasteiger partial charge on any atom is 0.266 e. The summed E-state index contributed by atoms with van der Waals surface area (Å²) in [4.78, 5) is 29.1. The molecule has 0 saturated heterocycles. The molecular weight excluding hydrogens is 348 g/mol. The van der Waals surface area contributed by atoms with Crippen LogP contribution in [0, 0.1) is 0 Å². The Kier molecular flexibility index (Phi) is 5.53. The molecule has 26 heavy (non-hydrogen) atoms. The van der Waals surface area contributed by atoms with Crippen molar-refractivity contribution in [2.75, 3.05) is 18.0 Å². The van der Waals surface area contributed by atoms with Gasteiger partial charge < -0.3 is 14.3 Å². The van der Waals surface area contributed by atoms with Gasteiger partial charge in [0.05, 0.1) is 15.5 Å². The van der Waals surface area contributed by atoms with E-state index in [0.29, 0.717) is 9.20 Å². The molecule has 0 bridgehead atoms. The Hall–Kier alpha value is -2.86. The van der Waals surface area contributed by atoms with Crippen LogP contribution in [-0.4, -0.2) is 23.9 Å². The van der Waals surface area contributed by atoms with Gasteiger partial charge >= 0.3 is 0 Å². The fourth-order valence-electron chi connectivity index (χ4n) is 2.65. The van der Waals surface area contributed by atoms with Crippen LogP contribution in [0.25, 0.3) is 12.2 Å². The summed E-state index contributed by atoms with van der Waals surface area (Å²) in [5.41, 5.74) is 1.89. The summed E-state index contributed by atoms with van der Waals surface area (Å²) in [6, 6.07) is 11.3. The lowest BCUT2D eigenvalue weighted by atomic mass is 10.2. The molecule has 3 rings (SSSR count). The van der Waals surface area contributed by atoms with Crippen molar-refractivity contribution < 1.29 is 9.21 Å². The maximum absolute atomic E-state index is 12.1. The van der Waals surface area contributed by atoms with Gasteiger partial charge in [0, 0.05) is 24.9 Å². The van der Waals surface area contributed by atoms with Gasteiger partial charge in [-0.25, -0.2) is 0 Å². The second-order valence-corrected chi connectivity index (χ2v) is 6.76. The monoisotopic (exact) mass is 368 g/mol. The number of anilines is 1. The molecule has 0 aliphatic heterocycles. The average molecular weight is 368 g/mol. The minimum Gasteiger partial charge on any atom is -0.461 e.